The van der Waals surface area contributed by atoms with Gasteiger partial charge in [0.1, 0.15) is 0 Å². The van der Waals surface area contributed by atoms with Crippen LogP contribution in [0.15, 0.2) is 42.6 Å². The monoisotopic (exact) mass is 241 g/mol. The summed E-state index contributed by atoms with van der Waals surface area (Å²) >= 11 is 0. The summed E-state index contributed by atoms with van der Waals surface area (Å²) in [5.74, 6) is 0. The van der Waals surface area contributed by atoms with Gasteiger partial charge >= 0.3 is 0 Å². The normalized spacial score (nSPS) is 10.4. The maximum absolute atomic E-state index is 4.45. The number of anilines is 1. The Bertz CT molecular complexity index is 521. The second kappa shape index (κ2) is 5.65. The molecule has 0 aliphatic rings. The largest absolute Gasteiger partial charge is 0.378 e. The van der Waals surface area contributed by atoms with E-state index in [-0.39, 0.29) is 0 Å². The molecule has 0 aliphatic carbocycles. The van der Waals surface area contributed by atoms with Crippen LogP contribution >= 0.6 is 0 Å². The molecule has 1 aromatic carbocycles. The molecule has 3 heteroatoms. The van der Waals surface area contributed by atoms with E-state index >= 15 is 0 Å². The van der Waals surface area contributed by atoms with Gasteiger partial charge in [-0.25, -0.2) is 0 Å². The van der Waals surface area contributed by atoms with Gasteiger partial charge in [-0.3, -0.25) is 4.98 Å². The van der Waals surface area contributed by atoms with Gasteiger partial charge in [-0.05, 0) is 30.8 Å². The minimum atomic E-state index is 0.876. The van der Waals surface area contributed by atoms with Crippen LogP contribution in [0.3, 0.4) is 0 Å². The van der Waals surface area contributed by atoms with Crippen LogP contribution in [-0.2, 0) is 6.54 Å². The molecule has 0 saturated heterocycles. The lowest BCUT2D eigenvalue weighted by molar-refractivity contribution is 0.818. The molecule has 0 fully saturated rings. The molecule has 0 radical (unpaired) electrons. The van der Waals surface area contributed by atoms with Gasteiger partial charge in [-0.2, -0.15) is 0 Å². The Morgan fingerprint density at radius 1 is 1.17 bits per heavy atom. The summed E-state index contributed by atoms with van der Waals surface area (Å²) in [6, 6.07) is 12.6. The molecule has 2 rings (SSSR count). The van der Waals surface area contributed by atoms with Crippen LogP contribution in [0.2, 0.25) is 0 Å². The number of nitrogens with one attached hydrogen (secondary N) is 1. The van der Waals surface area contributed by atoms with Gasteiger partial charge < -0.3 is 10.2 Å². The van der Waals surface area contributed by atoms with Gasteiger partial charge in [-0.15, -0.1) is 0 Å². The van der Waals surface area contributed by atoms with Crippen molar-refractivity contribution in [3.63, 3.8) is 0 Å². The first kappa shape index (κ1) is 12.6. The van der Waals surface area contributed by atoms with Crippen molar-refractivity contribution >= 4 is 5.69 Å². The van der Waals surface area contributed by atoms with Crippen molar-refractivity contribution in [3.05, 3.63) is 48.2 Å². The van der Waals surface area contributed by atoms with E-state index in [0.29, 0.717) is 0 Å². The molecule has 0 unspecified atom stereocenters. The van der Waals surface area contributed by atoms with Crippen LogP contribution in [0.4, 0.5) is 5.69 Å². The third-order valence-corrected chi connectivity index (χ3v) is 2.86. The highest BCUT2D eigenvalue weighted by molar-refractivity contribution is 5.64. The van der Waals surface area contributed by atoms with E-state index in [1.807, 2.05) is 33.4 Å². The Kier molecular flexibility index (Phi) is 3.95. The van der Waals surface area contributed by atoms with Crippen LogP contribution in [0.25, 0.3) is 11.3 Å². The fourth-order valence-corrected chi connectivity index (χ4v) is 1.90. The van der Waals surface area contributed by atoms with Crippen molar-refractivity contribution in [1.29, 1.82) is 0 Å². The average Bonchev–Trinajstić information content (AvgIpc) is 2.39. The molecule has 3 nitrogen and oxygen atoms in total. The third kappa shape index (κ3) is 2.87. The molecule has 0 bridgehead atoms. The Morgan fingerprint density at radius 3 is 2.72 bits per heavy atom. The number of hydrogen-bond acceptors (Lipinski definition) is 3. The van der Waals surface area contributed by atoms with E-state index in [4.69, 9.17) is 0 Å². The minimum absolute atomic E-state index is 0.876. The highest BCUT2D eigenvalue weighted by atomic mass is 15.1. The molecule has 0 amide bonds. The Morgan fingerprint density at radius 2 is 2.00 bits per heavy atom. The molecule has 0 aliphatic heterocycles. The number of aromatic nitrogens is 1. The van der Waals surface area contributed by atoms with Crippen LogP contribution in [0, 0.1) is 0 Å². The summed E-state index contributed by atoms with van der Waals surface area (Å²) in [6.45, 7) is 0.876. The van der Waals surface area contributed by atoms with Crippen molar-refractivity contribution in [3.8, 4) is 11.3 Å². The van der Waals surface area contributed by atoms with Crippen molar-refractivity contribution in [2.45, 2.75) is 6.54 Å². The first-order valence-corrected chi connectivity index (χ1v) is 6.08. The van der Waals surface area contributed by atoms with Crippen LogP contribution in [0.1, 0.15) is 5.56 Å². The predicted octanol–water partition coefficient (Wildman–Crippen LogP) is 2.53. The number of rotatable bonds is 4. The first-order valence-electron chi connectivity index (χ1n) is 6.08. The second-order valence-corrected chi connectivity index (χ2v) is 4.52. The molecule has 1 N–H and O–H groups in total. The summed E-state index contributed by atoms with van der Waals surface area (Å²) in [6.07, 6.45) is 1.86. The molecule has 0 atom stereocenters. The number of nitrogens with zero attached hydrogens (tertiary/aromatic N) is 2. The summed E-state index contributed by atoms with van der Waals surface area (Å²) in [5.41, 5.74) is 4.61. The highest BCUT2D eigenvalue weighted by Crippen LogP contribution is 2.22. The van der Waals surface area contributed by atoms with E-state index in [9.17, 15) is 0 Å². The lowest BCUT2D eigenvalue weighted by Crippen LogP contribution is -2.08. The lowest BCUT2D eigenvalue weighted by Gasteiger charge is -2.13. The maximum Gasteiger partial charge on any atom is 0.0722 e. The SMILES string of the molecule is CNCc1cccc(-c2cc(N(C)C)ccn2)c1. The summed E-state index contributed by atoms with van der Waals surface area (Å²) in [4.78, 5) is 6.53. The van der Waals surface area contributed by atoms with Crippen molar-refractivity contribution < 1.29 is 0 Å². The number of hydrogen-bond donors (Lipinski definition) is 1. The molecule has 0 saturated carbocycles. The van der Waals surface area contributed by atoms with Gasteiger partial charge in [0, 0.05) is 38.1 Å². The minimum Gasteiger partial charge on any atom is -0.378 e. The average molecular weight is 241 g/mol. The fourth-order valence-electron chi connectivity index (χ4n) is 1.90. The topological polar surface area (TPSA) is 28.2 Å². The lowest BCUT2D eigenvalue weighted by atomic mass is 10.1. The smallest absolute Gasteiger partial charge is 0.0722 e. The van der Waals surface area contributed by atoms with Gasteiger partial charge in [-0.1, -0.05) is 18.2 Å². The van der Waals surface area contributed by atoms with E-state index in [1.54, 1.807) is 0 Å². The standard InChI is InChI=1S/C15H19N3/c1-16-11-12-5-4-6-13(9-12)15-10-14(18(2)3)7-8-17-15/h4-10,16H,11H2,1-3H3. The molecule has 1 aromatic heterocycles. The molecular weight excluding hydrogens is 222 g/mol. The van der Waals surface area contributed by atoms with E-state index in [0.717, 1.165) is 17.8 Å². The quantitative estimate of drug-likeness (QED) is 0.891. The zero-order valence-electron chi connectivity index (χ0n) is 11.1. The Hall–Kier alpha value is -1.87. The molecule has 94 valence electrons. The van der Waals surface area contributed by atoms with Gasteiger partial charge in [0.2, 0.25) is 0 Å². The maximum atomic E-state index is 4.45. The molecular formula is C15H19N3. The predicted molar refractivity (Wildman–Crippen MR) is 76.8 cm³/mol. The number of pyridine rings is 1. The molecule has 1 heterocycles. The zero-order chi connectivity index (χ0) is 13.0. The second-order valence-electron chi connectivity index (χ2n) is 4.52. The van der Waals surface area contributed by atoms with Crippen molar-refractivity contribution in [2.24, 2.45) is 0 Å². The van der Waals surface area contributed by atoms with Crippen LogP contribution < -0.4 is 10.2 Å². The third-order valence-electron chi connectivity index (χ3n) is 2.86. The van der Waals surface area contributed by atoms with Gasteiger partial charge in [0.05, 0.1) is 5.69 Å². The Labute approximate surface area is 108 Å². The Balaban J connectivity index is 2.35. The highest BCUT2D eigenvalue weighted by Gasteiger charge is 2.03. The van der Waals surface area contributed by atoms with Crippen molar-refractivity contribution in [2.75, 3.05) is 26.0 Å². The van der Waals surface area contributed by atoms with E-state index in [2.05, 4.69) is 45.5 Å². The fraction of sp³-hybridized carbons (Fsp3) is 0.267. The zero-order valence-corrected chi connectivity index (χ0v) is 11.1. The van der Waals surface area contributed by atoms with E-state index < -0.39 is 0 Å². The van der Waals surface area contributed by atoms with Crippen LogP contribution in [0.5, 0.6) is 0 Å². The van der Waals surface area contributed by atoms with Gasteiger partial charge in [0.15, 0.2) is 0 Å². The van der Waals surface area contributed by atoms with Gasteiger partial charge in [0.25, 0.3) is 0 Å². The summed E-state index contributed by atoms with van der Waals surface area (Å²) in [7, 11) is 6.03. The summed E-state index contributed by atoms with van der Waals surface area (Å²) < 4.78 is 0. The molecule has 18 heavy (non-hydrogen) atoms. The first-order chi connectivity index (χ1) is 8.70. The molecule has 0 spiro atoms. The number of benzene rings is 1. The molecule has 2 aromatic rings. The van der Waals surface area contributed by atoms with E-state index in [1.165, 1.54) is 11.3 Å². The van der Waals surface area contributed by atoms with Crippen molar-refractivity contribution in [1.82, 2.24) is 10.3 Å². The summed E-state index contributed by atoms with van der Waals surface area (Å²) in [5, 5.41) is 3.16. The van der Waals surface area contributed by atoms with Crippen LogP contribution in [-0.4, -0.2) is 26.1 Å².